The quantitative estimate of drug-likeness (QED) is 0.303. The third-order valence-corrected chi connectivity index (χ3v) is 5.27. The van der Waals surface area contributed by atoms with Gasteiger partial charge in [-0.1, -0.05) is 55.5 Å². The highest BCUT2D eigenvalue weighted by molar-refractivity contribution is 6.09. The number of anilines is 1. The van der Waals surface area contributed by atoms with Gasteiger partial charge in [-0.3, -0.25) is 10.2 Å². The molecule has 10 nitrogen and oxygen atoms in total. The van der Waals surface area contributed by atoms with Crippen LogP contribution in [-0.4, -0.2) is 56.0 Å². The van der Waals surface area contributed by atoms with Gasteiger partial charge in [0.25, 0.3) is 5.54 Å². The molecular formula is C27H34N2O8. The number of carbonyl (C=O) groups is 4. The number of esters is 2. The van der Waals surface area contributed by atoms with Crippen molar-refractivity contribution in [3.8, 4) is 0 Å². The second-order valence-electron chi connectivity index (χ2n) is 9.12. The molecule has 0 atom stereocenters. The Bertz CT molecular complexity index is 1080. The van der Waals surface area contributed by atoms with Crippen molar-refractivity contribution in [1.82, 2.24) is 5.32 Å². The van der Waals surface area contributed by atoms with Gasteiger partial charge in [0.1, 0.15) is 12.2 Å². The zero-order valence-corrected chi connectivity index (χ0v) is 22.0. The highest BCUT2D eigenvalue weighted by Gasteiger charge is 2.53. The maximum absolute atomic E-state index is 13.5. The molecule has 200 valence electrons. The molecular weight excluding hydrogens is 480 g/mol. The standard InChI is InChI=1S/C27H34N2O8/c1-7-20-15-11-12-16-21(20)29(25(33)36-17-19-13-9-8-10-14-19)18-27(22(30)34-5,23(31)35-6)28-24(32)37-26(2,3)4/h8-16H,7,17-18H2,1-6H3,(H,28,32). The van der Waals surface area contributed by atoms with Gasteiger partial charge in [0.05, 0.1) is 26.5 Å². The summed E-state index contributed by atoms with van der Waals surface area (Å²) < 4.78 is 20.6. The van der Waals surface area contributed by atoms with Crippen LogP contribution in [0.5, 0.6) is 0 Å². The van der Waals surface area contributed by atoms with Crippen molar-refractivity contribution in [2.45, 2.75) is 51.9 Å². The van der Waals surface area contributed by atoms with Crippen LogP contribution in [0, 0.1) is 0 Å². The molecule has 0 aliphatic heterocycles. The maximum atomic E-state index is 13.5. The van der Waals surface area contributed by atoms with E-state index in [9.17, 15) is 19.2 Å². The molecule has 2 aromatic rings. The van der Waals surface area contributed by atoms with E-state index in [1.807, 2.05) is 13.0 Å². The van der Waals surface area contributed by atoms with Crippen molar-refractivity contribution in [2.75, 3.05) is 25.7 Å². The van der Waals surface area contributed by atoms with Gasteiger partial charge in [-0.15, -0.1) is 0 Å². The van der Waals surface area contributed by atoms with E-state index in [2.05, 4.69) is 5.32 Å². The number of hydrogen-bond acceptors (Lipinski definition) is 8. The Hall–Kier alpha value is -4.08. The molecule has 0 saturated heterocycles. The zero-order chi connectivity index (χ0) is 27.6. The SMILES string of the molecule is CCc1ccccc1N(CC(NC(=O)OC(C)(C)C)(C(=O)OC)C(=O)OC)C(=O)OCc1ccccc1. The van der Waals surface area contributed by atoms with Crippen molar-refractivity contribution in [2.24, 2.45) is 0 Å². The van der Waals surface area contributed by atoms with Gasteiger partial charge in [-0.05, 0) is 44.4 Å². The molecule has 0 saturated carbocycles. The molecule has 0 unspecified atom stereocenters. The van der Waals surface area contributed by atoms with Gasteiger partial charge in [-0.2, -0.15) is 0 Å². The van der Waals surface area contributed by atoms with Gasteiger partial charge in [0.15, 0.2) is 0 Å². The summed E-state index contributed by atoms with van der Waals surface area (Å²) in [6.45, 7) is 6.00. The van der Waals surface area contributed by atoms with Crippen LogP contribution < -0.4 is 10.2 Å². The molecule has 0 heterocycles. The summed E-state index contributed by atoms with van der Waals surface area (Å²) in [5.41, 5.74) is -1.55. The first-order valence-corrected chi connectivity index (χ1v) is 11.7. The summed E-state index contributed by atoms with van der Waals surface area (Å²) in [5.74, 6) is -2.31. The van der Waals surface area contributed by atoms with Crippen molar-refractivity contribution < 1.29 is 38.1 Å². The highest BCUT2D eigenvalue weighted by atomic mass is 16.6. The predicted molar refractivity (Wildman–Crippen MR) is 136 cm³/mol. The highest BCUT2D eigenvalue weighted by Crippen LogP contribution is 2.26. The number of hydrogen-bond donors (Lipinski definition) is 1. The average molecular weight is 515 g/mol. The van der Waals surface area contributed by atoms with Crippen molar-refractivity contribution in [3.63, 3.8) is 0 Å². The smallest absolute Gasteiger partial charge is 0.414 e. The zero-order valence-electron chi connectivity index (χ0n) is 22.0. The molecule has 37 heavy (non-hydrogen) atoms. The lowest BCUT2D eigenvalue weighted by molar-refractivity contribution is -0.162. The number of ether oxygens (including phenoxy) is 4. The van der Waals surface area contributed by atoms with Crippen LogP contribution >= 0.6 is 0 Å². The molecule has 0 spiro atoms. The summed E-state index contributed by atoms with van der Waals surface area (Å²) >= 11 is 0. The Balaban J connectivity index is 2.57. The summed E-state index contributed by atoms with van der Waals surface area (Å²) in [5, 5.41) is 2.30. The van der Waals surface area contributed by atoms with Crippen LogP contribution in [0.2, 0.25) is 0 Å². The molecule has 0 radical (unpaired) electrons. The van der Waals surface area contributed by atoms with Crippen molar-refractivity contribution in [1.29, 1.82) is 0 Å². The topological polar surface area (TPSA) is 120 Å². The van der Waals surface area contributed by atoms with Crippen molar-refractivity contribution in [3.05, 3.63) is 65.7 Å². The number of benzene rings is 2. The summed E-state index contributed by atoms with van der Waals surface area (Å²) in [6.07, 6.45) is -1.40. The first-order chi connectivity index (χ1) is 17.5. The Kier molecular flexibility index (Phi) is 10.0. The number of rotatable bonds is 9. The van der Waals surface area contributed by atoms with Crippen LogP contribution in [0.4, 0.5) is 15.3 Å². The Labute approximate surface area is 216 Å². The van der Waals surface area contributed by atoms with E-state index in [4.69, 9.17) is 18.9 Å². The lowest BCUT2D eigenvalue weighted by Gasteiger charge is -2.35. The maximum Gasteiger partial charge on any atom is 0.414 e. The number of nitrogens with zero attached hydrogens (tertiary/aromatic N) is 1. The summed E-state index contributed by atoms with van der Waals surface area (Å²) in [7, 11) is 2.10. The van der Waals surface area contributed by atoms with E-state index >= 15 is 0 Å². The fourth-order valence-corrected chi connectivity index (χ4v) is 3.54. The van der Waals surface area contributed by atoms with Crippen LogP contribution in [0.1, 0.15) is 38.8 Å². The van der Waals surface area contributed by atoms with E-state index in [1.54, 1.807) is 69.3 Å². The monoisotopic (exact) mass is 514 g/mol. The minimum atomic E-state index is -2.46. The number of para-hydroxylation sites is 1. The molecule has 2 aromatic carbocycles. The largest absolute Gasteiger partial charge is 0.467 e. The first-order valence-electron chi connectivity index (χ1n) is 11.7. The van der Waals surface area contributed by atoms with E-state index in [0.29, 0.717) is 12.1 Å². The summed E-state index contributed by atoms with van der Waals surface area (Å²) in [6, 6.07) is 16.0. The molecule has 2 amide bonds. The van der Waals surface area contributed by atoms with E-state index < -0.39 is 41.8 Å². The Morgan fingerprint density at radius 3 is 1.97 bits per heavy atom. The normalized spacial score (nSPS) is 11.2. The Morgan fingerprint density at radius 2 is 1.43 bits per heavy atom. The van der Waals surface area contributed by atoms with Gasteiger partial charge >= 0.3 is 24.1 Å². The van der Waals surface area contributed by atoms with E-state index in [-0.39, 0.29) is 6.61 Å². The molecule has 0 bridgehead atoms. The van der Waals surface area contributed by atoms with Gasteiger partial charge in [0.2, 0.25) is 0 Å². The molecule has 1 N–H and O–H groups in total. The molecule has 0 aliphatic rings. The lowest BCUT2D eigenvalue weighted by atomic mass is 9.97. The number of aryl methyl sites for hydroxylation is 1. The minimum absolute atomic E-state index is 0.0621. The third kappa shape index (κ3) is 7.70. The van der Waals surface area contributed by atoms with Crippen LogP contribution in [0.25, 0.3) is 0 Å². The number of carbonyl (C=O) groups excluding carboxylic acids is 4. The molecule has 10 heteroatoms. The minimum Gasteiger partial charge on any atom is -0.467 e. The number of methoxy groups -OCH3 is 2. The fraction of sp³-hybridized carbons (Fsp3) is 0.407. The van der Waals surface area contributed by atoms with E-state index in [1.165, 1.54) is 0 Å². The first kappa shape index (κ1) is 29.2. The van der Waals surface area contributed by atoms with Gasteiger partial charge in [0, 0.05) is 0 Å². The fourth-order valence-electron chi connectivity index (χ4n) is 3.54. The Morgan fingerprint density at radius 1 is 0.865 bits per heavy atom. The van der Waals surface area contributed by atoms with Gasteiger partial charge < -0.3 is 18.9 Å². The van der Waals surface area contributed by atoms with Crippen molar-refractivity contribution >= 4 is 29.8 Å². The number of nitrogens with one attached hydrogen (secondary N) is 1. The van der Waals surface area contributed by atoms with Crippen LogP contribution in [0.15, 0.2) is 54.6 Å². The summed E-state index contributed by atoms with van der Waals surface area (Å²) in [4.78, 5) is 53.5. The molecule has 2 rings (SSSR count). The third-order valence-electron chi connectivity index (χ3n) is 5.27. The second kappa shape index (κ2) is 12.8. The van der Waals surface area contributed by atoms with Gasteiger partial charge in [-0.25, -0.2) is 19.2 Å². The molecule has 0 aromatic heterocycles. The molecule has 0 fully saturated rings. The lowest BCUT2D eigenvalue weighted by Crippen LogP contribution is -2.67. The van der Waals surface area contributed by atoms with E-state index in [0.717, 1.165) is 30.2 Å². The van der Waals surface area contributed by atoms with Crippen LogP contribution in [0.3, 0.4) is 0 Å². The number of alkyl carbamates (subject to hydrolysis) is 1. The van der Waals surface area contributed by atoms with Crippen LogP contribution in [-0.2, 0) is 41.6 Å². The predicted octanol–water partition coefficient (Wildman–Crippen LogP) is 4.00. The molecule has 0 aliphatic carbocycles. The second-order valence-corrected chi connectivity index (χ2v) is 9.12. The average Bonchev–Trinajstić information content (AvgIpc) is 2.88. The number of amides is 2.